The van der Waals surface area contributed by atoms with Gasteiger partial charge in [-0.15, -0.1) is 0 Å². The molecule has 3 rings (SSSR count). The van der Waals surface area contributed by atoms with Gasteiger partial charge in [-0.25, -0.2) is 18.8 Å². The molecule has 51 heavy (non-hydrogen) atoms. The Morgan fingerprint density at radius 1 is 0.843 bits per heavy atom. The molecule has 3 amide bonds. The number of alkyl carbamates (subject to hydrolysis) is 1. The summed E-state index contributed by atoms with van der Waals surface area (Å²) >= 11 is 0. The van der Waals surface area contributed by atoms with Crippen molar-refractivity contribution in [1.82, 2.24) is 21.3 Å². The molecule has 13 nitrogen and oxygen atoms in total. The zero-order chi connectivity index (χ0) is 37.3. The lowest BCUT2D eigenvalue weighted by Gasteiger charge is -2.25. The van der Waals surface area contributed by atoms with Gasteiger partial charge in [0, 0.05) is 6.08 Å². The zero-order valence-electron chi connectivity index (χ0n) is 29.3. The third-order valence-electron chi connectivity index (χ3n) is 8.23. The highest BCUT2D eigenvalue weighted by Gasteiger charge is 2.38. The lowest BCUT2D eigenvalue weighted by molar-refractivity contribution is -0.145. The van der Waals surface area contributed by atoms with Crippen LogP contribution in [0.5, 0.6) is 0 Å². The molecule has 0 radical (unpaired) electrons. The van der Waals surface area contributed by atoms with E-state index in [2.05, 4.69) is 26.0 Å². The minimum Gasteiger partial charge on any atom is -0.467 e. The SMILES string of the molecule is COC(=O)/C=C/CC[C@H](NC(=O)OCc1ccccc1)C(=O)NC(Cc1ccc(F)cc1)C(=O)C1CC[C@@H](C(=O)N[C@@H](CC(C)C)C(=O)OC)N1. The first-order chi connectivity index (χ1) is 24.4. The molecule has 0 bridgehead atoms. The molecule has 14 heteroatoms. The third kappa shape index (κ3) is 13.6. The van der Waals surface area contributed by atoms with Crippen molar-refractivity contribution in [3.63, 3.8) is 0 Å². The van der Waals surface area contributed by atoms with Crippen molar-refractivity contribution in [2.24, 2.45) is 5.92 Å². The van der Waals surface area contributed by atoms with E-state index in [1.807, 2.05) is 19.9 Å². The highest BCUT2D eigenvalue weighted by Crippen LogP contribution is 2.18. The zero-order valence-corrected chi connectivity index (χ0v) is 29.3. The monoisotopic (exact) mass is 710 g/mol. The van der Waals surface area contributed by atoms with Crippen molar-refractivity contribution in [1.29, 1.82) is 0 Å². The summed E-state index contributed by atoms with van der Waals surface area (Å²) in [5.74, 6) is -3.11. The molecule has 0 aromatic heterocycles. The summed E-state index contributed by atoms with van der Waals surface area (Å²) in [6.45, 7) is 3.77. The number of ether oxygens (including phenoxy) is 3. The molecule has 1 aliphatic heterocycles. The first-order valence-electron chi connectivity index (χ1n) is 16.8. The van der Waals surface area contributed by atoms with Crippen molar-refractivity contribution < 1.29 is 47.4 Å². The minimum atomic E-state index is -1.18. The Balaban J connectivity index is 1.76. The summed E-state index contributed by atoms with van der Waals surface area (Å²) in [5, 5.41) is 11.1. The number of ketones is 1. The van der Waals surface area contributed by atoms with Gasteiger partial charge in [-0.1, -0.05) is 62.4 Å². The molecule has 1 saturated heterocycles. The van der Waals surface area contributed by atoms with Crippen LogP contribution in [0.25, 0.3) is 0 Å². The van der Waals surface area contributed by atoms with E-state index < -0.39 is 71.7 Å². The van der Waals surface area contributed by atoms with Crippen LogP contribution in [0.3, 0.4) is 0 Å². The van der Waals surface area contributed by atoms with Crippen molar-refractivity contribution in [3.05, 3.63) is 83.7 Å². The van der Waals surface area contributed by atoms with Crippen LogP contribution in [-0.4, -0.2) is 80.1 Å². The Morgan fingerprint density at radius 3 is 2.18 bits per heavy atom. The number of rotatable bonds is 18. The predicted octanol–water partition coefficient (Wildman–Crippen LogP) is 3.05. The highest BCUT2D eigenvalue weighted by molar-refractivity contribution is 5.96. The normalized spacial score (nSPS) is 17.2. The number of carbonyl (C=O) groups excluding carboxylic acids is 6. The number of benzene rings is 2. The molecule has 276 valence electrons. The Kier molecular flexibility index (Phi) is 16.2. The topological polar surface area (TPSA) is 178 Å². The van der Waals surface area contributed by atoms with Gasteiger partial charge in [0.15, 0.2) is 5.78 Å². The summed E-state index contributed by atoms with van der Waals surface area (Å²) in [6.07, 6.45) is 2.96. The molecule has 0 saturated carbocycles. The van der Waals surface area contributed by atoms with Gasteiger partial charge in [0.2, 0.25) is 11.8 Å². The standard InChI is InChI=1S/C37H47FN4O9/c1-23(2)20-31(36(47)50-4)41-35(46)29-19-18-27(39-29)33(44)30(21-24-14-16-26(38)17-15-24)40-34(45)28(12-8-9-13-32(43)49-3)42-37(48)51-22-25-10-6-5-7-11-25/h5-7,9-11,13-17,23,27-31,39H,8,12,18-22H2,1-4H3,(H,40,45)(H,41,46)(H,42,48)/b13-9+/t27?,28-,29-,30?,31-/m0/s1. The molecule has 1 aliphatic rings. The maximum atomic E-state index is 14.0. The van der Waals surface area contributed by atoms with E-state index in [4.69, 9.17) is 9.47 Å². The highest BCUT2D eigenvalue weighted by atomic mass is 19.1. The summed E-state index contributed by atoms with van der Waals surface area (Å²) in [6, 6.07) is 9.63. The van der Waals surface area contributed by atoms with Gasteiger partial charge >= 0.3 is 18.0 Å². The molecule has 1 heterocycles. The predicted molar refractivity (Wildman–Crippen MR) is 184 cm³/mol. The number of methoxy groups -OCH3 is 2. The number of nitrogens with one attached hydrogen (secondary N) is 4. The molecular formula is C37H47FN4O9. The fraction of sp³-hybridized carbons (Fsp3) is 0.459. The van der Waals surface area contributed by atoms with Crippen LogP contribution in [0.4, 0.5) is 9.18 Å². The van der Waals surface area contributed by atoms with Gasteiger partial charge in [-0.3, -0.25) is 19.7 Å². The average molecular weight is 711 g/mol. The van der Waals surface area contributed by atoms with Gasteiger partial charge in [-0.05, 0) is 67.7 Å². The van der Waals surface area contributed by atoms with Gasteiger partial charge in [-0.2, -0.15) is 0 Å². The molecular weight excluding hydrogens is 663 g/mol. The molecule has 4 N–H and O–H groups in total. The van der Waals surface area contributed by atoms with Crippen LogP contribution >= 0.6 is 0 Å². The number of Topliss-reactive ketones (excluding diaryl/α,β-unsaturated/α-hetero) is 1. The molecule has 1 fully saturated rings. The molecule has 0 aliphatic carbocycles. The van der Waals surface area contributed by atoms with Crippen LogP contribution in [-0.2, 0) is 51.2 Å². The second-order valence-electron chi connectivity index (χ2n) is 12.6. The fourth-order valence-electron chi connectivity index (χ4n) is 5.55. The fourth-order valence-corrected chi connectivity index (χ4v) is 5.55. The third-order valence-corrected chi connectivity index (χ3v) is 8.23. The van der Waals surface area contributed by atoms with E-state index >= 15 is 0 Å². The van der Waals surface area contributed by atoms with Crippen molar-refractivity contribution >= 4 is 35.6 Å². The first kappa shape index (κ1) is 40.3. The van der Waals surface area contributed by atoms with Crippen molar-refractivity contribution in [2.45, 2.75) is 89.2 Å². The Bertz CT molecular complexity index is 1520. The molecule has 2 unspecified atom stereocenters. The van der Waals surface area contributed by atoms with E-state index in [-0.39, 0.29) is 38.2 Å². The molecule has 5 atom stereocenters. The molecule has 2 aromatic rings. The second-order valence-corrected chi connectivity index (χ2v) is 12.6. The van der Waals surface area contributed by atoms with Crippen LogP contribution in [0, 0.1) is 11.7 Å². The van der Waals surface area contributed by atoms with E-state index in [9.17, 15) is 33.2 Å². The number of allylic oxidation sites excluding steroid dienone is 1. The summed E-state index contributed by atoms with van der Waals surface area (Å²) in [5.41, 5.74) is 1.29. The van der Waals surface area contributed by atoms with E-state index in [0.29, 0.717) is 18.4 Å². The number of amides is 3. The Hall–Kier alpha value is -5.11. The number of hydrogen-bond acceptors (Lipinski definition) is 10. The van der Waals surface area contributed by atoms with Crippen LogP contribution < -0.4 is 21.3 Å². The minimum absolute atomic E-state index is 0.00782. The van der Waals surface area contributed by atoms with Gasteiger partial charge in [0.1, 0.15) is 24.5 Å². The van der Waals surface area contributed by atoms with Crippen LogP contribution in [0.15, 0.2) is 66.7 Å². The lowest BCUT2D eigenvalue weighted by atomic mass is 9.96. The molecule has 0 spiro atoms. The average Bonchev–Trinajstić information content (AvgIpc) is 3.62. The van der Waals surface area contributed by atoms with Crippen molar-refractivity contribution in [3.8, 4) is 0 Å². The van der Waals surface area contributed by atoms with Gasteiger partial charge in [0.25, 0.3) is 0 Å². The van der Waals surface area contributed by atoms with Crippen LogP contribution in [0.2, 0.25) is 0 Å². The second kappa shape index (κ2) is 20.5. The number of hydrogen-bond donors (Lipinski definition) is 4. The lowest BCUT2D eigenvalue weighted by Crippen LogP contribution is -2.56. The molecule has 2 aromatic carbocycles. The first-order valence-corrected chi connectivity index (χ1v) is 16.8. The summed E-state index contributed by atoms with van der Waals surface area (Å²) in [7, 11) is 2.47. The van der Waals surface area contributed by atoms with Gasteiger partial charge in [0.05, 0.1) is 32.3 Å². The Labute approximate surface area is 297 Å². The van der Waals surface area contributed by atoms with E-state index in [0.717, 1.165) is 5.56 Å². The van der Waals surface area contributed by atoms with Crippen molar-refractivity contribution in [2.75, 3.05) is 14.2 Å². The number of halogens is 1. The maximum absolute atomic E-state index is 14.0. The smallest absolute Gasteiger partial charge is 0.408 e. The maximum Gasteiger partial charge on any atom is 0.408 e. The quantitative estimate of drug-likeness (QED) is 0.102. The summed E-state index contributed by atoms with van der Waals surface area (Å²) < 4.78 is 28.5. The largest absolute Gasteiger partial charge is 0.467 e. The van der Waals surface area contributed by atoms with E-state index in [1.54, 1.807) is 24.3 Å². The van der Waals surface area contributed by atoms with E-state index in [1.165, 1.54) is 50.6 Å². The summed E-state index contributed by atoms with van der Waals surface area (Å²) in [4.78, 5) is 77.5. The van der Waals surface area contributed by atoms with Gasteiger partial charge < -0.3 is 30.2 Å². The van der Waals surface area contributed by atoms with Crippen LogP contribution in [0.1, 0.15) is 57.1 Å². The number of carbonyl (C=O) groups is 6. The Morgan fingerprint density at radius 2 is 1.53 bits per heavy atom. The number of esters is 2.